The molecule has 0 aromatic carbocycles. The zero-order chi connectivity index (χ0) is 14.6. The first kappa shape index (κ1) is 16.8. The highest BCUT2D eigenvalue weighted by molar-refractivity contribution is 7.10. The van der Waals surface area contributed by atoms with E-state index in [1.54, 1.807) is 11.8 Å². The van der Waals surface area contributed by atoms with Gasteiger partial charge in [0, 0.05) is 22.2 Å². The highest BCUT2D eigenvalue weighted by atomic mass is 35.5. The van der Waals surface area contributed by atoms with Crippen molar-refractivity contribution in [2.75, 3.05) is 12.4 Å². The average molecular weight is 324 g/mol. The summed E-state index contributed by atoms with van der Waals surface area (Å²) < 4.78 is 0. The van der Waals surface area contributed by atoms with Crippen LogP contribution in [0.1, 0.15) is 25.6 Å². The van der Waals surface area contributed by atoms with Crippen LogP contribution < -0.4 is 0 Å². The Morgan fingerprint density at radius 3 is 2.63 bits per heavy atom. The lowest BCUT2D eigenvalue weighted by molar-refractivity contribution is -0.131. The molecule has 1 unspecified atom stereocenters. The van der Waals surface area contributed by atoms with Gasteiger partial charge in [-0.1, -0.05) is 25.4 Å². The third kappa shape index (κ3) is 4.95. The van der Waals surface area contributed by atoms with Crippen molar-refractivity contribution < 1.29 is 9.90 Å². The van der Waals surface area contributed by atoms with E-state index in [1.165, 1.54) is 11.3 Å². The minimum atomic E-state index is -0.509. The molecule has 1 aromatic heterocycles. The van der Waals surface area contributed by atoms with Gasteiger partial charge in [0.15, 0.2) is 0 Å². The molecule has 1 N–H and O–H groups in total. The first-order valence-corrected chi connectivity index (χ1v) is 7.80. The quantitative estimate of drug-likeness (QED) is 0.815. The van der Waals surface area contributed by atoms with Gasteiger partial charge in [-0.15, -0.1) is 22.9 Å². The SMILES string of the molecule is CC(O)C(C)(C)CN(Cc1cc(Cl)cs1)C(=O)CCl. The van der Waals surface area contributed by atoms with E-state index in [0.29, 0.717) is 18.1 Å². The molecule has 0 spiro atoms. The number of halogens is 2. The summed E-state index contributed by atoms with van der Waals surface area (Å²) in [6.07, 6.45) is -0.509. The predicted molar refractivity (Wildman–Crippen MR) is 80.9 cm³/mol. The fraction of sp³-hybridized carbons (Fsp3) is 0.615. The number of hydrogen-bond donors (Lipinski definition) is 1. The summed E-state index contributed by atoms with van der Waals surface area (Å²) in [5.74, 6) is -0.199. The molecule has 0 aliphatic carbocycles. The smallest absolute Gasteiger partial charge is 0.237 e. The summed E-state index contributed by atoms with van der Waals surface area (Å²) in [6, 6.07) is 1.84. The van der Waals surface area contributed by atoms with E-state index in [1.807, 2.05) is 25.3 Å². The molecule has 0 radical (unpaired) electrons. The number of carbonyl (C=O) groups excluding carboxylic acids is 1. The van der Waals surface area contributed by atoms with Crippen molar-refractivity contribution in [1.82, 2.24) is 4.90 Å². The molecule has 0 fully saturated rings. The summed E-state index contributed by atoms with van der Waals surface area (Å²) in [5.41, 5.74) is -0.386. The summed E-state index contributed by atoms with van der Waals surface area (Å²) in [4.78, 5) is 14.6. The van der Waals surface area contributed by atoms with E-state index in [9.17, 15) is 9.90 Å². The molecule has 1 amide bonds. The van der Waals surface area contributed by atoms with Gasteiger partial charge in [-0.25, -0.2) is 0 Å². The Bertz CT molecular complexity index is 432. The zero-order valence-corrected chi connectivity index (χ0v) is 13.6. The van der Waals surface area contributed by atoms with Crippen molar-refractivity contribution in [3.05, 3.63) is 21.3 Å². The number of hydrogen-bond acceptors (Lipinski definition) is 3. The van der Waals surface area contributed by atoms with Crippen LogP contribution in [0.5, 0.6) is 0 Å². The number of nitrogens with zero attached hydrogens (tertiary/aromatic N) is 1. The normalized spacial score (nSPS) is 13.4. The van der Waals surface area contributed by atoms with Crippen LogP contribution in [0.4, 0.5) is 0 Å². The van der Waals surface area contributed by atoms with Crippen LogP contribution >= 0.6 is 34.5 Å². The van der Waals surface area contributed by atoms with Crippen LogP contribution in [0, 0.1) is 5.41 Å². The molecule has 1 heterocycles. The minimum Gasteiger partial charge on any atom is -0.393 e. The summed E-state index contributed by atoms with van der Waals surface area (Å²) in [6.45, 7) is 6.50. The molecular formula is C13H19Cl2NO2S. The lowest BCUT2D eigenvalue weighted by Gasteiger charge is -2.34. The van der Waals surface area contributed by atoms with Crippen molar-refractivity contribution in [2.24, 2.45) is 5.41 Å². The Morgan fingerprint density at radius 2 is 2.21 bits per heavy atom. The van der Waals surface area contributed by atoms with Gasteiger partial charge in [0.05, 0.1) is 17.7 Å². The van der Waals surface area contributed by atoms with E-state index in [0.717, 1.165) is 4.88 Å². The topological polar surface area (TPSA) is 40.5 Å². The largest absolute Gasteiger partial charge is 0.393 e. The number of rotatable bonds is 6. The van der Waals surface area contributed by atoms with Crippen molar-refractivity contribution in [1.29, 1.82) is 0 Å². The van der Waals surface area contributed by atoms with Gasteiger partial charge in [0.25, 0.3) is 0 Å². The van der Waals surface area contributed by atoms with Crippen LogP contribution in [-0.4, -0.2) is 34.4 Å². The third-order valence-corrected chi connectivity index (χ3v) is 4.66. The van der Waals surface area contributed by atoms with Crippen molar-refractivity contribution in [3.8, 4) is 0 Å². The van der Waals surface area contributed by atoms with Gasteiger partial charge in [0.1, 0.15) is 5.88 Å². The van der Waals surface area contributed by atoms with Gasteiger partial charge in [-0.05, 0) is 13.0 Å². The second kappa shape index (κ2) is 6.93. The number of carbonyl (C=O) groups is 1. The maximum absolute atomic E-state index is 11.9. The molecule has 0 bridgehead atoms. The monoisotopic (exact) mass is 323 g/mol. The van der Waals surface area contributed by atoms with Gasteiger partial charge in [-0.2, -0.15) is 0 Å². The molecule has 1 rings (SSSR count). The van der Waals surface area contributed by atoms with E-state index in [4.69, 9.17) is 23.2 Å². The van der Waals surface area contributed by atoms with E-state index < -0.39 is 6.10 Å². The van der Waals surface area contributed by atoms with Crippen LogP contribution in [0.25, 0.3) is 0 Å². The fourth-order valence-corrected chi connectivity index (χ4v) is 2.82. The number of alkyl halides is 1. The van der Waals surface area contributed by atoms with Gasteiger partial charge in [0.2, 0.25) is 5.91 Å². The first-order valence-electron chi connectivity index (χ1n) is 6.01. The van der Waals surface area contributed by atoms with Gasteiger partial charge in [-0.3, -0.25) is 4.79 Å². The second-order valence-corrected chi connectivity index (χ2v) is 6.98. The molecule has 0 saturated heterocycles. The summed E-state index contributed by atoms with van der Waals surface area (Å²) in [5, 5.41) is 12.3. The minimum absolute atomic E-state index is 0.0605. The predicted octanol–water partition coefficient (Wildman–Crippen LogP) is 3.38. The molecule has 3 nitrogen and oxygen atoms in total. The Balaban J connectivity index is 2.81. The Hall–Kier alpha value is -0.290. The zero-order valence-electron chi connectivity index (χ0n) is 11.3. The number of aliphatic hydroxyl groups is 1. The Labute approximate surface area is 128 Å². The first-order chi connectivity index (χ1) is 8.76. The third-order valence-electron chi connectivity index (χ3n) is 3.16. The van der Waals surface area contributed by atoms with E-state index in [-0.39, 0.29) is 17.2 Å². The lowest BCUT2D eigenvalue weighted by Crippen LogP contribution is -2.43. The molecule has 108 valence electrons. The molecule has 19 heavy (non-hydrogen) atoms. The highest BCUT2D eigenvalue weighted by Gasteiger charge is 2.29. The van der Waals surface area contributed by atoms with Crippen LogP contribution in [0.15, 0.2) is 11.4 Å². The Kier molecular flexibility index (Phi) is 6.12. The van der Waals surface area contributed by atoms with E-state index >= 15 is 0 Å². The second-order valence-electron chi connectivity index (χ2n) is 5.28. The average Bonchev–Trinajstić information content (AvgIpc) is 2.72. The highest BCUT2D eigenvalue weighted by Crippen LogP contribution is 2.25. The van der Waals surface area contributed by atoms with Crippen molar-refractivity contribution in [2.45, 2.75) is 33.4 Å². The van der Waals surface area contributed by atoms with Crippen molar-refractivity contribution in [3.63, 3.8) is 0 Å². The molecule has 1 atom stereocenters. The molecular weight excluding hydrogens is 305 g/mol. The van der Waals surface area contributed by atoms with Crippen molar-refractivity contribution >= 4 is 40.4 Å². The van der Waals surface area contributed by atoms with E-state index in [2.05, 4.69) is 0 Å². The van der Waals surface area contributed by atoms with Crippen LogP contribution in [-0.2, 0) is 11.3 Å². The maximum Gasteiger partial charge on any atom is 0.237 e. The van der Waals surface area contributed by atoms with Gasteiger partial charge >= 0.3 is 0 Å². The Morgan fingerprint density at radius 1 is 1.58 bits per heavy atom. The number of thiophene rings is 1. The summed E-state index contributed by atoms with van der Waals surface area (Å²) in [7, 11) is 0. The molecule has 0 aliphatic heterocycles. The fourth-order valence-electron chi connectivity index (χ4n) is 1.57. The lowest BCUT2D eigenvalue weighted by atomic mass is 9.87. The standard InChI is InChI=1S/C13H19Cl2NO2S/c1-9(17)13(2,3)8-16(12(18)5-14)6-11-4-10(15)7-19-11/h4,7,9,17H,5-6,8H2,1-3H3. The maximum atomic E-state index is 11.9. The molecule has 0 aliphatic rings. The van der Waals surface area contributed by atoms with Gasteiger partial charge < -0.3 is 10.0 Å². The molecule has 6 heteroatoms. The van der Waals surface area contributed by atoms with Crippen LogP contribution in [0.2, 0.25) is 5.02 Å². The number of aliphatic hydroxyl groups excluding tert-OH is 1. The van der Waals surface area contributed by atoms with Crippen LogP contribution in [0.3, 0.4) is 0 Å². The molecule has 0 saturated carbocycles. The number of amides is 1. The summed E-state index contributed by atoms with van der Waals surface area (Å²) >= 11 is 13.0. The molecule has 1 aromatic rings.